The van der Waals surface area contributed by atoms with Gasteiger partial charge in [-0.2, -0.15) is 0 Å². The lowest BCUT2D eigenvalue weighted by Gasteiger charge is -2.21. The van der Waals surface area contributed by atoms with Gasteiger partial charge in [-0.25, -0.2) is 12.8 Å². The van der Waals surface area contributed by atoms with E-state index in [0.717, 1.165) is 23.4 Å². The molecule has 0 saturated carbocycles. The first-order valence-corrected chi connectivity index (χ1v) is 10.1. The molecule has 1 amide bonds. The molecule has 0 radical (unpaired) electrons. The molecule has 5 nitrogen and oxygen atoms in total. The Hall–Kier alpha value is -2.41. The summed E-state index contributed by atoms with van der Waals surface area (Å²) in [4.78, 5) is 16.5. The Balaban J connectivity index is 1.96. The lowest BCUT2D eigenvalue weighted by atomic mass is 10.1. The van der Waals surface area contributed by atoms with Crippen LogP contribution in [0.15, 0.2) is 47.4 Å². The number of carbonyl (C=O) groups is 1. The fourth-order valence-corrected chi connectivity index (χ4v) is 3.97. The van der Waals surface area contributed by atoms with E-state index < -0.39 is 21.6 Å². The van der Waals surface area contributed by atoms with Crippen molar-refractivity contribution in [1.82, 2.24) is 4.90 Å². The van der Waals surface area contributed by atoms with Gasteiger partial charge in [0.1, 0.15) is 5.82 Å². The quantitative estimate of drug-likeness (QED) is 0.773. The van der Waals surface area contributed by atoms with Gasteiger partial charge in [0.2, 0.25) is 0 Å². The third-order valence-corrected chi connectivity index (χ3v) is 6.40. The van der Waals surface area contributed by atoms with Gasteiger partial charge in [-0.1, -0.05) is 25.1 Å². The van der Waals surface area contributed by atoms with Gasteiger partial charge in [0, 0.05) is 32.4 Å². The molecule has 0 fully saturated rings. The summed E-state index contributed by atoms with van der Waals surface area (Å²) in [5.74, 6) is -1.31. The zero-order valence-corrected chi connectivity index (χ0v) is 15.6. The van der Waals surface area contributed by atoms with E-state index in [4.69, 9.17) is 0 Å². The molecule has 0 bridgehead atoms. The highest BCUT2D eigenvalue weighted by Gasteiger charge is 2.25. The monoisotopic (exact) mass is 376 g/mol. The van der Waals surface area contributed by atoms with Crippen LogP contribution in [-0.2, 0) is 16.4 Å². The van der Waals surface area contributed by atoms with Crippen molar-refractivity contribution < 1.29 is 17.6 Å². The SMILES string of the molecule is CCS(=O)(=O)c1ccc(F)c(C(=O)N2CCN(C)c3ccccc3C2)c1. The van der Waals surface area contributed by atoms with Crippen LogP contribution in [0.3, 0.4) is 0 Å². The second-order valence-corrected chi connectivity index (χ2v) is 8.60. The van der Waals surface area contributed by atoms with Crippen LogP contribution in [0.1, 0.15) is 22.8 Å². The molecular weight excluding hydrogens is 355 g/mol. The van der Waals surface area contributed by atoms with Crippen LogP contribution < -0.4 is 4.90 Å². The van der Waals surface area contributed by atoms with Gasteiger partial charge in [-0.05, 0) is 29.8 Å². The van der Waals surface area contributed by atoms with E-state index in [9.17, 15) is 17.6 Å². The predicted octanol–water partition coefficient (Wildman–Crippen LogP) is 2.71. The molecule has 0 atom stereocenters. The molecule has 3 rings (SSSR count). The maximum atomic E-state index is 14.3. The molecule has 7 heteroatoms. The van der Waals surface area contributed by atoms with Crippen molar-refractivity contribution in [3.05, 3.63) is 59.4 Å². The first-order chi connectivity index (χ1) is 12.3. The molecule has 0 saturated heterocycles. The number of halogens is 1. The molecule has 0 aromatic heterocycles. The zero-order chi connectivity index (χ0) is 18.9. The lowest BCUT2D eigenvalue weighted by molar-refractivity contribution is 0.0746. The van der Waals surface area contributed by atoms with Gasteiger partial charge in [0.05, 0.1) is 16.2 Å². The fraction of sp³-hybridized carbons (Fsp3) is 0.316. The number of hydrogen-bond acceptors (Lipinski definition) is 4. The van der Waals surface area contributed by atoms with E-state index in [1.807, 2.05) is 31.3 Å². The molecule has 2 aromatic rings. The van der Waals surface area contributed by atoms with Crippen LogP contribution in [-0.4, -0.2) is 45.1 Å². The molecule has 1 heterocycles. The number of anilines is 1. The average Bonchev–Trinajstić information content (AvgIpc) is 2.81. The molecule has 1 aliphatic rings. The van der Waals surface area contributed by atoms with Gasteiger partial charge in [-0.15, -0.1) is 0 Å². The Morgan fingerprint density at radius 2 is 1.88 bits per heavy atom. The molecule has 1 aliphatic heterocycles. The van der Waals surface area contributed by atoms with Crippen LogP contribution in [0.4, 0.5) is 10.1 Å². The minimum absolute atomic E-state index is 0.0305. The summed E-state index contributed by atoms with van der Waals surface area (Å²) in [5, 5.41) is 0. The highest BCUT2D eigenvalue weighted by molar-refractivity contribution is 7.91. The van der Waals surface area contributed by atoms with Crippen molar-refractivity contribution in [2.45, 2.75) is 18.4 Å². The van der Waals surface area contributed by atoms with Crippen molar-refractivity contribution in [2.75, 3.05) is 30.8 Å². The summed E-state index contributed by atoms with van der Waals surface area (Å²) in [7, 11) is -1.57. The summed E-state index contributed by atoms with van der Waals surface area (Å²) in [6.07, 6.45) is 0. The Labute approximate surface area is 153 Å². The number of hydrogen-bond donors (Lipinski definition) is 0. The molecule has 0 spiro atoms. The van der Waals surface area contributed by atoms with Crippen LogP contribution >= 0.6 is 0 Å². The number of fused-ring (bicyclic) bond motifs is 1. The number of amides is 1. The number of sulfone groups is 1. The minimum atomic E-state index is -3.51. The van der Waals surface area contributed by atoms with Gasteiger partial charge >= 0.3 is 0 Å². The van der Waals surface area contributed by atoms with E-state index in [1.54, 1.807) is 4.90 Å². The number of benzene rings is 2. The maximum Gasteiger partial charge on any atom is 0.257 e. The summed E-state index contributed by atoms with van der Waals surface area (Å²) in [5.41, 5.74) is 1.80. The fourth-order valence-electron chi connectivity index (χ4n) is 3.06. The molecule has 0 unspecified atom stereocenters. The summed E-state index contributed by atoms with van der Waals surface area (Å²) in [6, 6.07) is 11.2. The summed E-state index contributed by atoms with van der Waals surface area (Å²) < 4.78 is 38.4. The maximum absolute atomic E-state index is 14.3. The number of rotatable bonds is 3. The van der Waals surface area contributed by atoms with Crippen molar-refractivity contribution in [2.24, 2.45) is 0 Å². The number of carbonyl (C=O) groups excluding carboxylic acids is 1. The van der Waals surface area contributed by atoms with Crippen molar-refractivity contribution in [3.63, 3.8) is 0 Å². The molecule has 26 heavy (non-hydrogen) atoms. The molecular formula is C19H21FN2O3S. The van der Waals surface area contributed by atoms with E-state index in [0.29, 0.717) is 19.6 Å². The molecule has 2 aromatic carbocycles. The van der Waals surface area contributed by atoms with E-state index in [2.05, 4.69) is 4.90 Å². The van der Waals surface area contributed by atoms with Gasteiger partial charge < -0.3 is 9.80 Å². The Kier molecular flexibility index (Phi) is 5.00. The largest absolute Gasteiger partial charge is 0.373 e. The van der Waals surface area contributed by atoms with Crippen molar-refractivity contribution >= 4 is 21.4 Å². The zero-order valence-electron chi connectivity index (χ0n) is 14.8. The lowest BCUT2D eigenvalue weighted by Crippen LogP contribution is -2.34. The smallest absolute Gasteiger partial charge is 0.257 e. The normalized spacial score (nSPS) is 14.7. The second-order valence-electron chi connectivity index (χ2n) is 6.32. The first-order valence-electron chi connectivity index (χ1n) is 8.44. The predicted molar refractivity (Wildman–Crippen MR) is 98.6 cm³/mol. The summed E-state index contributed by atoms with van der Waals surface area (Å²) >= 11 is 0. The Bertz CT molecular complexity index is 944. The highest BCUT2D eigenvalue weighted by atomic mass is 32.2. The van der Waals surface area contributed by atoms with Gasteiger partial charge in [0.15, 0.2) is 9.84 Å². The third kappa shape index (κ3) is 3.44. The molecule has 138 valence electrons. The van der Waals surface area contributed by atoms with Crippen LogP contribution in [0.5, 0.6) is 0 Å². The topological polar surface area (TPSA) is 57.7 Å². The van der Waals surface area contributed by atoms with Crippen LogP contribution in [0.25, 0.3) is 0 Å². The third-order valence-electron chi connectivity index (χ3n) is 4.66. The van der Waals surface area contributed by atoms with E-state index >= 15 is 0 Å². The van der Waals surface area contributed by atoms with Crippen LogP contribution in [0.2, 0.25) is 0 Å². The summed E-state index contributed by atoms with van der Waals surface area (Å²) in [6.45, 7) is 2.90. The number of likely N-dealkylation sites (N-methyl/N-ethyl adjacent to an activating group) is 1. The van der Waals surface area contributed by atoms with E-state index in [-0.39, 0.29) is 16.2 Å². The second kappa shape index (κ2) is 7.07. The van der Waals surface area contributed by atoms with Crippen LogP contribution in [0, 0.1) is 5.82 Å². The average molecular weight is 376 g/mol. The first kappa shape index (κ1) is 18.4. The van der Waals surface area contributed by atoms with Gasteiger partial charge in [0.25, 0.3) is 5.91 Å². The Morgan fingerprint density at radius 1 is 1.15 bits per heavy atom. The molecule has 0 N–H and O–H groups in total. The minimum Gasteiger partial charge on any atom is -0.373 e. The van der Waals surface area contributed by atoms with Gasteiger partial charge in [-0.3, -0.25) is 4.79 Å². The Morgan fingerprint density at radius 3 is 2.62 bits per heavy atom. The number of para-hydroxylation sites is 1. The standard InChI is InChI=1S/C19H21FN2O3S/c1-3-26(24,25)15-8-9-17(20)16(12-15)19(23)22-11-10-21(2)18-7-5-4-6-14(18)13-22/h4-9,12H,3,10-11,13H2,1-2H3. The van der Waals surface area contributed by atoms with Crippen molar-refractivity contribution in [3.8, 4) is 0 Å². The molecule has 0 aliphatic carbocycles. The number of nitrogens with zero attached hydrogens (tertiary/aromatic N) is 2. The highest BCUT2D eigenvalue weighted by Crippen LogP contribution is 2.25. The van der Waals surface area contributed by atoms with E-state index in [1.165, 1.54) is 13.0 Å². The van der Waals surface area contributed by atoms with Crippen molar-refractivity contribution in [1.29, 1.82) is 0 Å².